The molecule has 1 saturated carbocycles. The molecule has 1 heterocycles. The number of nitrogens with two attached hydrogens (primary N) is 1. The molecule has 0 saturated heterocycles. The molecule has 0 radical (unpaired) electrons. The van der Waals surface area contributed by atoms with E-state index < -0.39 is 10.0 Å². The molecule has 1 aromatic rings. The van der Waals surface area contributed by atoms with Crippen LogP contribution in [-0.4, -0.2) is 44.5 Å². The van der Waals surface area contributed by atoms with Crippen LogP contribution in [0.15, 0.2) is 23.2 Å². The van der Waals surface area contributed by atoms with E-state index in [1.54, 1.807) is 0 Å². The second-order valence-electron chi connectivity index (χ2n) is 4.53. The number of anilines is 1. The Kier molecular flexibility index (Phi) is 3.84. The average molecular weight is 270 g/mol. The minimum atomic E-state index is -3.48. The largest absolute Gasteiger partial charge is 0.384 e. The van der Waals surface area contributed by atoms with Gasteiger partial charge in [-0.2, -0.15) is 0 Å². The molecule has 1 aromatic heterocycles. The normalized spacial score (nSPS) is 16.1. The van der Waals surface area contributed by atoms with Crippen LogP contribution in [0.3, 0.4) is 0 Å². The number of likely N-dealkylation sites (N-methyl/N-ethyl adjacent to an activating group) is 1. The van der Waals surface area contributed by atoms with Crippen molar-refractivity contribution in [3.05, 3.63) is 18.3 Å². The predicted octanol–water partition coefficient (Wildman–Crippen LogP) is 0.0363. The number of aromatic nitrogens is 1. The lowest BCUT2D eigenvalue weighted by Gasteiger charge is -2.15. The van der Waals surface area contributed by atoms with Crippen molar-refractivity contribution >= 4 is 15.8 Å². The first-order valence-corrected chi connectivity index (χ1v) is 7.39. The molecule has 0 unspecified atom stereocenters. The second-order valence-corrected chi connectivity index (χ2v) is 6.29. The zero-order chi connectivity index (χ0) is 13.2. The van der Waals surface area contributed by atoms with Crippen molar-refractivity contribution in [3.8, 4) is 0 Å². The summed E-state index contributed by atoms with van der Waals surface area (Å²) in [4.78, 5) is 6.10. The summed E-state index contributed by atoms with van der Waals surface area (Å²) in [6.07, 6.45) is 3.81. The van der Waals surface area contributed by atoms with Crippen LogP contribution in [-0.2, 0) is 10.0 Å². The van der Waals surface area contributed by atoms with Gasteiger partial charge in [0.05, 0.1) is 4.90 Å². The summed E-state index contributed by atoms with van der Waals surface area (Å²) in [6, 6.07) is 3.42. The first kappa shape index (κ1) is 13.3. The molecular formula is C11H18N4O2S. The summed E-state index contributed by atoms with van der Waals surface area (Å²) < 4.78 is 26.4. The number of hydrogen-bond acceptors (Lipinski definition) is 5. The van der Waals surface area contributed by atoms with Crippen molar-refractivity contribution in [1.29, 1.82) is 0 Å². The predicted molar refractivity (Wildman–Crippen MR) is 69.5 cm³/mol. The van der Waals surface area contributed by atoms with E-state index in [1.807, 2.05) is 7.05 Å². The summed E-state index contributed by atoms with van der Waals surface area (Å²) in [5.41, 5.74) is 5.47. The van der Waals surface area contributed by atoms with E-state index in [9.17, 15) is 8.42 Å². The lowest BCUT2D eigenvalue weighted by atomic mass is 10.5. The first-order chi connectivity index (χ1) is 8.49. The molecule has 0 aliphatic heterocycles. The zero-order valence-corrected chi connectivity index (χ0v) is 11.2. The molecule has 0 amide bonds. The van der Waals surface area contributed by atoms with Crippen LogP contribution in [0.25, 0.3) is 0 Å². The van der Waals surface area contributed by atoms with E-state index in [0.717, 1.165) is 0 Å². The number of hydrogen-bond donors (Lipinski definition) is 2. The topological polar surface area (TPSA) is 88.3 Å². The Labute approximate surface area is 107 Å². The molecule has 1 aliphatic rings. The minimum Gasteiger partial charge on any atom is -0.384 e. The van der Waals surface area contributed by atoms with Crippen molar-refractivity contribution in [1.82, 2.24) is 14.6 Å². The summed E-state index contributed by atoms with van der Waals surface area (Å²) >= 11 is 0. The Morgan fingerprint density at radius 3 is 2.89 bits per heavy atom. The number of rotatable bonds is 6. The first-order valence-electron chi connectivity index (χ1n) is 5.90. The highest BCUT2D eigenvalue weighted by molar-refractivity contribution is 7.89. The van der Waals surface area contributed by atoms with Gasteiger partial charge < -0.3 is 10.6 Å². The van der Waals surface area contributed by atoms with E-state index in [4.69, 9.17) is 5.73 Å². The Bertz CT molecular complexity index is 514. The molecule has 0 spiro atoms. The Morgan fingerprint density at radius 2 is 2.28 bits per heavy atom. The van der Waals surface area contributed by atoms with Crippen LogP contribution < -0.4 is 10.5 Å². The fourth-order valence-corrected chi connectivity index (χ4v) is 2.78. The van der Waals surface area contributed by atoms with Gasteiger partial charge in [0.25, 0.3) is 0 Å². The average Bonchev–Trinajstić information content (AvgIpc) is 3.12. The Balaban J connectivity index is 1.90. The molecule has 100 valence electrons. The van der Waals surface area contributed by atoms with E-state index in [-0.39, 0.29) is 10.7 Å². The van der Waals surface area contributed by atoms with Gasteiger partial charge in [0.15, 0.2) is 0 Å². The highest BCUT2D eigenvalue weighted by Gasteiger charge is 2.25. The molecule has 18 heavy (non-hydrogen) atoms. The third kappa shape index (κ3) is 3.41. The molecule has 0 aromatic carbocycles. The van der Waals surface area contributed by atoms with Crippen molar-refractivity contribution in [2.45, 2.75) is 23.8 Å². The molecular weight excluding hydrogens is 252 g/mol. The lowest BCUT2D eigenvalue weighted by Crippen LogP contribution is -2.34. The number of nitrogen functional groups attached to an aromatic ring is 1. The highest BCUT2D eigenvalue weighted by Crippen LogP contribution is 2.24. The fourth-order valence-electron chi connectivity index (χ4n) is 1.73. The second kappa shape index (κ2) is 5.21. The molecule has 0 atom stereocenters. The van der Waals surface area contributed by atoms with Crippen LogP contribution in [0.2, 0.25) is 0 Å². The molecule has 1 aliphatic carbocycles. The zero-order valence-electron chi connectivity index (χ0n) is 10.3. The number of nitrogens with one attached hydrogen (secondary N) is 1. The Hall–Kier alpha value is -1.18. The third-order valence-electron chi connectivity index (χ3n) is 2.99. The van der Waals surface area contributed by atoms with Crippen molar-refractivity contribution in [2.75, 3.05) is 25.9 Å². The van der Waals surface area contributed by atoms with Crippen LogP contribution >= 0.6 is 0 Å². The maximum atomic E-state index is 11.9. The Morgan fingerprint density at radius 1 is 1.56 bits per heavy atom. The van der Waals surface area contributed by atoms with Gasteiger partial charge in [-0.05, 0) is 26.0 Å². The smallest absolute Gasteiger partial charge is 0.240 e. The third-order valence-corrected chi connectivity index (χ3v) is 4.45. The quantitative estimate of drug-likeness (QED) is 0.762. The van der Waals surface area contributed by atoms with Crippen LogP contribution in [0.1, 0.15) is 12.8 Å². The minimum absolute atomic E-state index is 0.157. The van der Waals surface area contributed by atoms with Crippen molar-refractivity contribution in [3.63, 3.8) is 0 Å². The van der Waals surface area contributed by atoms with Crippen molar-refractivity contribution in [2.24, 2.45) is 0 Å². The van der Waals surface area contributed by atoms with Gasteiger partial charge in [0.2, 0.25) is 10.0 Å². The van der Waals surface area contributed by atoms with Gasteiger partial charge in [-0.15, -0.1) is 0 Å². The number of nitrogens with zero attached hydrogens (tertiary/aromatic N) is 2. The van der Waals surface area contributed by atoms with E-state index in [1.165, 1.54) is 31.2 Å². The summed E-state index contributed by atoms with van der Waals surface area (Å²) in [5, 5.41) is 0. The van der Waals surface area contributed by atoms with Gasteiger partial charge in [0.1, 0.15) is 5.82 Å². The van der Waals surface area contributed by atoms with Crippen molar-refractivity contribution < 1.29 is 8.42 Å². The molecule has 1 fully saturated rings. The van der Waals surface area contributed by atoms with E-state index >= 15 is 0 Å². The summed E-state index contributed by atoms with van der Waals surface area (Å²) in [7, 11) is -1.47. The molecule has 6 nitrogen and oxygen atoms in total. The maximum Gasteiger partial charge on any atom is 0.240 e. The van der Waals surface area contributed by atoms with Gasteiger partial charge in [-0.25, -0.2) is 18.1 Å². The highest BCUT2D eigenvalue weighted by atomic mass is 32.2. The molecule has 7 heteroatoms. The number of sulfonamides is 1. The van der Waals surface area contributed by atoms with Gasteiger partial charge in [-0.3, -0.25) is 0 Å². The fraction of sp³-hybridized carbons (Fsp3) is 0.545. The van der Waals surface area contributed by atoms with Gasteiger partial charge in [-0.1, -0.05) is 0 Å². The summed E-state index contributed by atoms with van der Waals surface area (Å²) in [6.45, 7) is 1.11. The SMILES string of the molecule is CN(CCNS(=O)(=O)c1ccnc(N)c1)C1CC1. The van der Waals surface area contributed by atoms with E-state index in [2.05, 4.69) is 14.6 Å². The number of pyridine rings is 1. The maximum absolute atomic E-state index is 11.9. The monoisotopic (exact) mass is 270 g/mol. The molecule has 3 N–H and O–H groups in total. The van der Waals surface area contributed by atoms with Crippen LogP contribution in [0.4, 0.5) is 5.82 Å². The van der Waals surface area contributed by atoms with Gasteiger partial charge in [0, 0.05) is 31.4 Å². The molecule has 0 bridgehead atoms. The summed E-state index contributed by atoms with van der Waals surface area (Å²) in [5.74, 6) is 0.202. The lowest BCUT2D eigenvalue weighted by molar-refractivity contribution is 0.329. The van der Waals surface area contributed by atoms with Gasteiger partial charge >= 0.3 is 0 Å². The van der Waals surface area contributed by atoms with E-state index in [0.29, 0.717) is 19.1 Å². The van der Waals surface area contributed by atoms with Crippen LogP contribution in [0, 0.1) is 0 Å². The standard InChI is InChI=1S/C11H18N4O2S/c1-15(9-2-3-9)7-6-14-18(16,17)10-4-5-13-11(12)8-10/h4-5,8-9,14H,2-3,6-7H2,1H3,(H2,12,13). The molecule has 2 rings (SSSR count). The van der Waals surface area contributed by atoms with Crippen LogP contribution in [0.5, 0.6) is 0 Å².